The molecule has 4 aromatic heterocycles. The Bertz CT molecular complexity index is 2290. The minimum absolute atomic E-state index is 0.670. The summed E-state index contributed by atoms with van der Waals surface area (Å²) in [6.45, 7) is 1.97. The molecular weight excluding hydrogens is 538 g/mol. The Kier molecular flexibility index (Phi) is 6.31. The fraction of sp³-hybridized carbons (Fsp3) is 0.0250. The van der Waals surface area contributed by atoms with E-state index < -0.39 is 0 Å². The Morgan fingerprint density at radius 2 is 1.18 bits per heavy atom. The molecule has 0 aliphatic heterocycles. The Hall–Kier alpha value is -5.87. The number of benzene rings is 4. The third-order valence-electron chi connectivity index (χ3n) is 8.16. The second kappa shape index (κ2) is 10.8. The highest BCUT2D eigenvalue weighted by atomic mass is 16.3. The molecule has 8 aromatic rings. The van der Waals surface area contributed by atoms with E-state index in [1.807, 2.05) is 37.6 Å². The number of pyridine rings is 3. The average molecular weight is 566 g/mol. The summed E-state index contributed by atoms with van der Waals surface area (Å²) in [6.07, 6.45) is 5.64. The van der Waals surface area contributed by atoms with Crippen molar-refractivity contribution in [1.82, 2.24) is 15.0 Å². The molecule has 0 spiro atoms. The summed E-state index contributed by atoms with van der Waals surface area (Å²) in [6, 6.07) is 44.6. The van der Waals surface area contributed by atoms with E-state index in [-0.39, 0.29) is 0 Å². The number of aryl methyl sites for hydroxylation is 1. The SMILES string of the molecule is Cc1ccc2c(n1)oc1ccc(-c3ccc(-c4cccc(-c5cccc(-c6ccccc6-c6ccncc6)c5)c4)cn3)cc12. The third-order valence-corrected chi connectivity index (χ3v) is 8.16. The first-order valence-corrected chi connectivity index (χ1v) is 14.7. The van der Waals surface area contributed by atoms with E-state index >= 15 is 0 Å². The molecule has 0 radical (unpaired) electrons. The minimum atomic E-state index is 0.670. The fourth-order valence-electron chi connectivity index (χ4n) is 5.91. The normalized spacial score (nSPS) is 11.3. The summed E-state index contributed by atoms with van der Waals surface area (Å²) < 4.78 is 5.97. The average Bonchev–Trinajstić information content (AvgIpc) is 3.45. The van der Waals surface area contributed by atoms with Crippen molar-refractivity contribution in [2.45, 2.75) is 6.92 Å². The van der Waals surface area contributed by atoms with Gasteiger partial charge in [-0.25, -0.2) is 4.98 Å². The van der Waals surface area contributed by atoms with Crippen LogP contribution in [0.15, 0.2) is 150 Å². The zero-order valence-electron chi connectivity index (χ0n) is 24.1. The Labute approximate surface area is 255 Å². The maximum atomic E-state index is 5.97. The van der Waals surface area contributed by atoms with Crippen molar-refractivity contribution >= 4 is 22.1 Å². The van der Waals surface area contributed by atoms with Gasteiger partial charge in [-0.1, -0.05) is 66.7 Å². The van der Waals surface area contributed by atoms with Gasteiger partial charge >= 0.3 is 0 Å². The topological polar surface area (TPSA) is 51.8 Å². The van der Waals surface area contributed by atoms with Gasteiger partial charge < -0.3 is 4.42 Å². The monoisotopic (exact) mass is 565 g/mol. The number of rotatable bonds is 5. The first-order valence-electron chi connectivity index (χ1n) is 14.7. The number of furan rings is 1. The van der Waals surface area contributed by atoms with Gasteiger partial charge in [-0.15, -0.1) is 0 Å². The molecule has 4 heterocycles. The van der Waals surface area contributed by atoms with E-state index in [1.165, 1.54) is 22.3 Å². The van der Waals surface area contributed by atoms with Crippen LogP contribution in [0.25, 0.3) is 77.8 Å². The van der Waals surface area contributed by atoms with Crippen LogP contribution in [-0.2, 0) is 0 Å². The van der Waals surface area contributed by atoms with E-state index in [9.17, 15) is 0 Å². The van der Waals surface area contributed by atoms with Gasteiger partial charge in [0, 0.05) is 46.2 Å². The van der Waals surface area contributed by atoms with Crippen molar-refractivity contribution in [3.8, 4) is 55.8 Å². The maximum Gasteiger partial charge on any atom is 0.227 e. The molecule has 208 valence electrons. The molecule has 0 N–H and O–H groups in total. The predicted molar refractivity (Wildman–Crippen MR) is 179 cm³/mol. The van der Waals surface area contributed by atoms with Crippen LogP contribution < -0.4 is 0 Å². The highest BCUT2D eigenvalue weighted by Crippen LogP contribution is 2.35. The highest BCUT2D eigenvalue weighted by molar-refractivity contribution is 6.05. The van der Waals surface area contributed by atoms with Crippen molar-refractivity contribution < 1.29 is 4.42 Å². The van der Waals surface area contributed by atoms with Gasteiger partial charge in [-0.05, 0) is 107 Å². The number of hydrogen-bond donors (Lipinski definition) is 0. The molecule has 0 unspecified atom stereocenters. The number of aromatic nitrogens is 3. The zero-order chi connectivity index (χ0) is 29.5. The molecule has 4 heteroatoms. The van der Waals surface area contributed by atoms with Gasteiger partial charge in [-0.3, -0.25) is 9.97 Å². The zero-order valence-corrected chi connectivity index (χ0v) is 24.1. The van der Waals surface area contributed by atoms with Crippen LogP contribution in [0.3, 0.4) is 0 Å². The minimum Gasteiger partial charge on any atom is -0.438 e. The van der Waals surface area contributed by atoms with Gasteiger partial charge in [0.15, 0.2) is 0 Å². The summed E-state index contributed by atoms with van der Waals surface area (Å²) in [5, 5.41) is 2.07. The maximum absolute atomic E-state index is 5.97. The Balaban J connectivity index is 1.10. The van der Waals surface area contributed by atoms with Crippen molar-refractivity contribution in [2.75, 3.05) is 0 Å². The molecule has 4 aromatic carbocycles. The molecule has 8 rings (SSSR count). The van der Waals surface area contributed by atoms with Gasteiger partial charge in [0.25, 0.3) is 0 Å². The standard InChI is InChI=1S/C40H27N3O/c1-26-12-15-36-37-24-32(14-17-39(37)44-40(36)43-26)38-16-13-33(25-42-38)30-8-4-6-28(22-30)29-7-5-9-31(23-29)35-11-3-2-10-34(35)27-18-20-41-21-19-27/h2-25H,1H3. The molecule has 0 atom stereocenters. The molecule has 0 saturated heterocycles. The lowest BCUT2D eigenvalue weighted by Gasteiger charge is -2.12. The third kappa shape index (κ3) is 4.73. The largest absolute Gasteiger partial charge is 0.438 e. The second-order valence-corrected chi connectivity index (χ2v) is 11.0. The lowest BCUT2D eigenvalue weighted by Crippen LogP contribution is -1.88. The first kappa shape index (κ1) is 25.8. The van der Waals surface area contributed by atoms with Crippen molar-refractivity contribution in [2.24, 2.45) is 0 Å². The lowest BCUT2D eigenvalue weighted by molar-refractivity contribution is 0.652. The van der Waals surface area contributed by atoms with Crippen LogP contribution in [0.2, 0.25) is 0 Å². The number of fused-ring (bicyclic) bond motifs is 3. The van der Waals surface area contributed by atoms with Crippen LogP contribution >= 0.6 is 0 Å². The van der Waals surface area contributed by atoms with E-state index in [4.69, 9.17) is 9.40 Å². The molecule has 44 heavy (non-hydrogen) atoms. The van der Waals surface area contributed by atoms with Crippen molar-refractivity contribution in [3.63, 3.8) is 0 Å². The summed E-state index contributed by atoms with van der Waals surface area (Å²) >= 11 is 0. The van der Waals surface area contributed by atoms with Gasteiger partial charge in [0.1, 0.15) is 5.58 Å². The quantitative estimate of drug-likeness (QED) is 0.208. The van der Waals surface area contributed by atoms with Crippen molar-refractivity contribution in [1.29, 1.82) is 0 Å². The smallest absolute Gasteiger partial charge is 0.227 e. The van der Waals surface area contributed by atoms with Crippen LogP contribution in [0.5, 0.6) is 0 Å². The molecule has 0 bridgehead atoms. The van der Waals surface area contributed by atoms with Gasteiger partial charge in [0.05, 0.1) is 5.69 Å². The van der Waals surface area contributed by atoms with Crippen LogP contribution in [0.4, 0.5) is 0 Å². The summed E-state index contributed by atoms with van der Waals surface area (Å²) in [7, 11) is 0. The number of nitrogens with zero attached hydrogens (tertiary/aromatic N) is 3. The van der Waals surface area contributed by atoms with E-state index in [0.29, 0.717) is 5.71 Å². The molecule has 0 fully saturated rings. The van der Waals surface area contributed by atoms with E-state index in [2.05, 4.69) is 125 Å². The Morgan fingerprint density at radius 3 is 1.93 bits per heavy atom. The van der Waals surface area contributed by atoms with Crippen molar-refractivity contribution in [3.05, 3.63) is 152 Å². The lowest BCUT2D eigenvalue weighted by atomic mass is 9.92. The second-order valence-electron chi connectivity index (χ2n) is 11.0. The molecule has 0 saturated carbocycles. The highest BCUT2D eigenvalue weighted by Gasteiger charge is 2.12. The summed E-state index contributed by atoms with van der Waals surface area (Å²) in [5.74, 6) is 0. The van der Waals surface area contributed by atoms with E-state index in [0.717, 1.165) is 55.6 Å². The molecule has 4 nitrogen and oxygen atoms in total. The van der Waals surface area contributed by atoms with Gasteiger partial charge in [-0.2, -0.15) is 0 Å². The van der Waals surface area contributed by atoms with Crippen LogP contribution in [0.1, 0.15) is 5.69 Å². The van der Waals surface area contributed by atoms with E-state index in [1.54, 1.807) is 0 Å². The summed E-state index contributed by atoms with van der Waals surface area (Å²) in [5.41, 5.74) is 13.7. The summed E-state index contributed by atoms with van der Waals surface area (Å²) in [4.78, 5) is 13.6. The first-order chi connectivity index (χ1) is 21.7. The predicted octanol–water partition coefficient (Wildman–Crippen LogP) is 10.4. The molecule has 0 aliphatic carbocycles. The van der Waals surface area contributed by atoms with Crippen LogP contribution in [-0.4, -0.2) is 15.0 Å². The molecular formula is C40H27N3O. The Morgan fingerprint density at radius 1 is 0.500 bits per heavy atom. The number of hydrogen-bond acceptors (Lipinski definition) is 4. The molecule has 0 amide bonds. The van der Waals surface area contributed by atoms with Gasteiger partial charge in [0.2, 0.25) is 5.71 Å². The van der Waals surface area contributed by atoms with Crippen LogP contribution in [0, 0.1) is 6.92 Å². The fourth-order valence-corrected chi connectivity index (χ4v) is 5.91. The molecule has 0 aliphatic rings.